The van der Waals surface area contributed by atoms with Crippen LogP contribution in [0.5, 0.6) is 0 Å². The van der Waals surface area contributed by atoms with Crippen molar-refractivity contribution in [2.24, 2.45) is 11.8 Å². The average molecular weight is 399 g/mol. The van der Waals surface area contributed by atoms with Crippen LogP contribution >= 0.6 is 0 Å². The van der Waals surface area contributed by atoms with E-state index >= 15 is 0 Å². The maximum absolute atomic E-state index is 13.2. The van der Waals surface area contributed by atoms with Crippen molar-refractivity contribution in [3.05, 3.63) is 58.3 Å². The molecule has 1 amide bonds. The first-order valence-electron chi connectivity index (χ1n) is 10.1. The van der Waals surface area contributed by atoms with Crippen LogP contribution in [0.3, 0.4) is 0 Å². The van der Waals surface area contributed by atoms with Gasteiger partial charge in [0.1, 0.15) is 5.82 Å². The van der Waals surface area contributed by atoms with E-state index in [0.717, 1.165) is 12.1 Å². The predicted octanol–water partition coefficient (Wildman–Crippen LogP) is 1.77. The number of halogens is 1. The zero-order valence-electron chi connectivity index (χ0n) is 16.6. The molecule has 6 nitrogen and oxygen atoms in total. The highest BCUT2D eigenvalue weighted by Crippen LogP contribution is 2.48. The van der Waals surface area contributed by atoms with Crippen molar-refractivity contribution in [2.75, 3.05) is 20.2 Å². The Morgan fingerprint density at radius 2 is 1.97 bits per heavy atom. The van der Waals surface area contributed by atoms with Gasteiger partial charge < -0.3 is 15.0 Å². The van der Waals surface area contributed by atoms with E-state index in [0.29, 0.717) is 24.2 Å². The number of carbonyl (C=O) groups excluding carboxylic acids is 1. The lowest BCUT2D eigenvalue weighted by molar-refractivity contribution is -0.127. The summed E-state index contributed by atoms with van der Waals surface area (Å²) in [4.78, 5) is 27.8. The molecular formula is C22H26FN3O3. The molecule has 3 heterocycles. The van der Waals surface area contributed by atoms with E-state index in [9.17, 15) is 19.1 Å². The number of hydrogen-bond donors (Lipinski definition) is 2. The summed E-state index contributed by atoms with van der Waals surface area (Å²) in [6.07, 6.45) is 0.850. The van der Waals surface area contributed by atoms with Crippen molar-refractivity contribution in [1.82, 2.24) is 14.8 Å². The summed E-state index contributed by atoms with van der Waals surface area (Å²) in [6.45, 7) is 2.95. The monoisotopic (exact) mass is 399 g/mol. The molecule has 1 fully saturated rings. The number of pyridine rings is 1. The molecule has 2 N–H and O–H groups in total. The molecule has 0 unspecified atom stereocenters. The van der Waals surface area contributed by atoms with Crippen LogP contribution in [0.15, 0.2) is 41.2 Å². The smallest absolute Gasteiger partial charge is 0.258 e. The Morgan fingerprint density at radius 3 is 2.62 bits per heavy atom. The minimum Gasteiger partial charge on any atom is -0.396 e. The number of aliphatic hydroxyl groups excluding tert-OH is 1. The summed E-state index contributed by atoms with van der Waals surface area (Å²) >= 11 is 0. The molecule has 1 saturated heterocycles. The third-order valence-electron chi connectivity index (χ3n) is 6.33. The fourth-order valence-electron chi connectivity index (χ4n) is 4.98. The average Bonchev–Trinajstić information content (AvgIpc) is 3.23. The molecule has 4 atom stereocenters. The van der Waals surface area contributed by atoms with Gasteiger partial charge in [0.25, 0.3) is 5.56 Å². The van der Waals surface area contributed by atoms with Gasteiger partial charge in [-0.2, -0.15) is 0 Å². The van der Waals surface area contributed by atoms with Gasteiger partial charge in [0.05, 0.1) is 12.1 Å². The van der Waals surface area contributed by atoms with E-state index in [-0.39, 0.29) is 41.8 Å². The molecule has 2 aliphatic rings. The lowest BCUT2D eigenvalue weighted by atomic mass is 9.88. The summed E-state index contributed by atoms with van der Waals surface area (Å²) in [5.41, 5.74) is 1.93. The molecule has 29 heavy (non-hydrogen) atoms. The van der Waals surface area contributed by atoms with Gasteiger partial charge in [0.15, 0.2) is 0 Å². The minimum atomic E-state index is -0.415. The summed E-state index contributed by atoms with van der Waals surface area (Å²) < 4.78 is 15.0. The number of amides is 1. The molecule has 0 radical (unpaired) electrons. The minimum absolute atomic E-state index is 0.0152. The second kappa shape index (κ2) is 7.72. The van der Waals surface area contributed by atoms with Gasteiger partial charge in [-0.15, -0.1) is 0 Å². The van der Waals surface area contributed by atoms with Gasteiger partial charge in [0.2, 0.25) is 5.91 Å². The number of aromatic nitrogens is 1. The van der Waals surface area contributed by atoms with Crippen LogP contribution in [0.1, 0.15) is 25.1 Å². The number of nitrogens with zero attached hydrogens (tertiary/aromatic N) is 2. The van der Waals surface area contributed by atoms with Gasteiger partial charge in [-0.1, -0.05) is 19.1 Å². The van der Waals surface area contributed by atoms with Crippen molar-refractivity contribution in [2.45, 2.75) is 32.0 Å². The van der Waals surface area contributed by atoms with E-state index < -0.39 is 6.04 Å². The predicted molar refractivity (Wildman–Crippen MR) is 108 cm³/mol. The molecule has 0 aliphatic carbocycles. The maximum atomic E-state index is 13.2. The van der Waals surface area contributed by atoms with Crippen molar-refractivity contribution in [3.8, 4) is 11.1 Å². The number of rotatable bonds is 5. The number of aliphatic hydroxyl groups is 1. The van der Waals surface area contributed by atoms with Crippen LogP contribution in [0.4, 0.5) is 4.39 Å². The maximum Gasteiger partial charge on any atom is 0.258 e. The Balaban J connectivity index is 1.69. The molecule has 0 bridgehead atoms. The molecule has 2 aliphatic heterocycles. The Hall–Kier alpha value is -2.51. The first-order chi connectivity index (χ1) is 14.0. The lowest BCUT2D eigenvalue weighted by Crippen LogP contribution is -2.47. The molecule has 1 aromatic heterocycles. The largest absolute Gasteiger partial charge is 0.396 e. The first-order valence-corrected chi connectivity index (χ1v) is 10.1. The Kier molecular flexibility index (Phi) is 5.27. The molecule has 154 valence electrons. The first kappa shape index (κ1) is 19.8. The topological polar surface area (TPSA) is 74.6 Å². The van der Waals surface area contributed by atoms with Gasteiger partial charge in [0, 0.05) is 42.8 Å². The van der Waals surface area contributed by atoms with E-state index in [4.69, 9.17) is 0 Å². The molecule has 0 spiro atoms. The highest BCUT2D eigenvalue weighted by molar-refractivity contribution is 5.82. The van der Waals surface area contributed by atoms with Gasteiger partial charge >= 0.3 is 0 Å². The Labute approximate surface area is 169 Å². The van der Waals surface area contributed by atoms with Gasteiger partial charge in [-0.25, -0.2) is 4.39 Å². The van der Waals surface area contributed by atoms with Crippen LogP contribution in [0.2, 0.25) is 0 Å². The normalized spacial score (nSPS) is 25.7. The van der Waals surface area contributed by atoms with Crippen molar-refractivity contribution >= 4 is 5.91 Å². The fraction of sp³-hybridized carbons (Fsp3) is 0.455. The molecular weight excluding hydrogens is 373 g/mol. The number of nitrogens with one attached hydrogen (secondary N) is 1. The zero-order valence-corrected chi connectivity index (χ0v) is 16.6. The number of carbonyl (C=O) groups is 1. The zero-order chi connectivity index (χ0) is 20.7. The summed E-state index contributed by atoms with van der Waals surface area (Å²) in [5, 5.41) is 13.0. The summed E-state index contributed by atoms with van der Waals surface area (Å²) in [6, 6.07) is 9.07. The number of hydrogen-bond acceptors (Lipinski definition) is 4. The quantitative estimate of drug-likeness (QED) is 0.804. The number of benzene rings is 1. The van der Waals surface area contributed by atoms with Crippen LogP contribution in [0, 0.1) is 17.7 Å². The van der Waals surface area contributed by atoms with Crippen molar-refractivity contribution < 1.29 is 14.3 Å². The summed E-state index contributed by atoms with van der Waals surface area (Å²) in [5.74, 6) is -0.669. The van der Waals surface area contributed by atoms with Crippen molar-refractivity contribution in [1.29, 1.82) is 0 Å². The molecule has 2 aromatic rings. The molecule has 1 aromatic carbocycles. The van der Waals surface area contributed by atoms with Crippen LogP contribution in [-0.4, -0.2) is 46.7 Å². The van der Waals surface area contributed by atoms with E-state index in [1.165, 1.54) is 12.1 Å². The third kappa shape index (κ3) is 3.18. The molecule has 4 rings (SSSR count). The van der Waals surface area contributed by atoms with E-state index in [2.05, 4.69) is 5.32 Å². The molecule has 7 heteroatoms. The van der Waals surface area contributed by atoms with Crippen LogP contribution in [-0.2, 0) is 11.3 Å². The highest BCUT2D eigenvalue weighted by Gasteiger charge is 2.54. The second-order valence-electron chi connectivity index (χ2n) is 7.95. The Morgan fingerprint density at radius 1 is 1.24 bits per heavy atom. The SMILES string of the molecule is CCCNC(=O)[C@@H]1[C@@H](CO)[C@@H]2Cn3c(ccc(-c4ccc(F)cc4)c3=O)[C@@H]2N1C. The van der Waals surface area contributed by atoms with Gasteiger partial charge in [-0.05, 0) is 43.3 Å². The van der Waals surface area contributed by atoms with Crippen molar-refractivity contribution in [3.63, 3.8) is 0 Å². The molecule has 0 saturated carbocycles. The standard InChI is InChI=1S/C22H26FN3O3/c1-3-10-24-21(28)20-17(12-27)16-11-26-18(19(16)25(20)2)9-8-15(22(26)29)13-4-6-14(23)7-5-13/h4-9,16-17,19-20,27H,3,10-12H2,1-2H3,(H,24,28)/t16-,17-,19+,20-/m0/s1. The van der Waals surface area contributed by atoms with Crippen LogP contribution < -0.4 is 10.9 Å². The third-order valence-corrected chi connectivity index (χ3v) is 6.33. The van der Waals surface area contributed by atoms with E-state index in [1.807, 2.05) is 24.9 Å². The van der Waals surface area contributed by atoms with E-state index in [1.54, 1.807) is 22.8 Å². The highest BCUT2D eigenvalue weighted by atomic mass is 19.1. The van der Waals surface area contributed by atoms with Gasteiger partial charge in [-0.3, -0.25) is 14.5 Å². The fourth-order valence-corrected chi connectivity index (χ4v) is 4.98. The van der Waals surface area contributed by atoms with Crippen LogP contribution in [0.25, 0.3) is 11.1 Å². The lowest BCUT2D eigenvalue weighted by Gasteiger charge is -2.27. The number of fused-ring (bicyclic) bond motifs is 3. The second-order valence-corrected chi connectivity index (χ2v) is 7.95. The Bertz CT molecular complexity index is 972. The number of likely N-dealkylation sites (N-methyl/N-ethyl adjacent to an activating group) is 1. The number of likely N-dealkylation sites (tertiary alicyclic amines) is 1. The summed E-state index contributed by atoms with van der Waals surface area (Å²) in [7, 11) is 1.89.